The second-order valence-corrected chi connectivity index (χ2v) is 10.1. The Labute approximate surface area is 216 Å². The van der Waals surface area contributed by atoms with Crippen LogP contribution in [0.3, 0.4) is 0 Å². The summed E-state index contributed by atoms with van der Waals surface area (Å²) >= 11 is 0. The van der Waals surface area contributed by atoms with E-state index >= 15 is 0 Å². The van der Waals surface area contributed by atoms with Crippen LogP contribution in [0.2, 0.25) is 0 Å². The summed E-state index contributed by atoms with van der Waals surface area (Å²) in [6, 6.07) is 20.4. The number of aromatic nitrogens is 3. The molecule has 1 aliphatic rings. The zero-order valence-electron chi connectivity index (χ0n) is 21.2. The highest BCUT2D eigenvalue weighted by Gasteiger charge is 2.27. The molecule has 3 heterocycles. The standard InChI is InChI=1S/C30H29FN4O2/c1-30(2,3)37-29(36)34-15-13-23(20-34)26-18-32-28(22-9-11-24(31)12-10-22)17-25(26)27-14-16-35(33-27)19-21-7-5-4-6-8-21/h4-14,16-18H,15,19-20H2,1-3H3. The van der Waals surface area contributed by atoms with Gasteiger partial charge in [-0.2, -0.15) is 5.10 Å². The van der Waals surface area contributed by atoms with Crippen LogP contribution in [0.25, 0.3) is 28.1 Å². The third-order valence-corrected chi connectivity index (χ3v) is 6.06. The van der Waals surface area contributed by atoms with Gasteiger partial charge < -0.3 is 9.64 Å². The first-order valence-corrected chi connectivity index (χ1v) is 12.3. The quantitative estimate of drug-likeness (QED) is 0.319. The van der Waals surface area contributed by atoms with Crippen molar-refractivity contribution in [2.75, 3.05) is 13.1 Å². The molecule has 0 N–H and O–H groups in total. The Bertz CT molecular complexity index is 1440. The monoisotopic (exact) mass is 496 g/mol. The Hall–Kier alpha value is -4.26. The molecule has 0 saturated heterocycles. The zero-order chi connectivity index (χ0) is 26.0. The second kappa shape index (κ2) is 10.0. The van der Waals surface area contributed by atoms with Gasteiger partial charge in [0.25, 0.3) is 0 Å². The van der Waals surface area contributed by atoms with Gasteiger partial charge in [-0.05, 0) is 68.3 Å². The highest BCUT2D eigenvalue weighted by Crippen LogP contribution is 2.33. The molecule has 188 valence electrons. The summed E-state index contributed by atoms with van der Waals surface area (Å²) in [4.78, 5) is 19.0. The minimum Gasteiger partial charge on any atom is -0.444 e. The summed E-state index contributed by atoms with van der Waals surface area (Å²) in [5.41, 5.74) is 5.72. The summed E-state index contributed by atoms with van der Waals surface area (Å²) < 4.78 is 21.0. The lowest BCUT2D eigenvalue weighted by Gasteiger charge is -2.24. The lowest BCUT2D eigenvalue weighted by Crippen LogP contribution is -2.35. The SMILES string of the molecule is CC(C)(C)OC(=O)N1CC=C(c2cnc(-c3ccc(F)cc3)cc2-c2ccn(Cc3ccccc3)n2)C1. The van der Waals surface area contributed by atoms with Crippen LogP contribution in [-0.2, 0) is 11.3 Å². The molecule has 0 saturated carbocycles. The number of nitrogens with zero attached hydrogens (tertiary/aromatic N) is 4. The molecule has 0 aliphatic carbocycles. The van der Waals surface area contributed by atoms with Crippen molar-refractivity contribution < 1.29 is 13.9 Å². The lowest BCUT2D eigenvalue weighted by atomic mass is 9.98. The molecule has 7 heteroatoms. The summed E-state index contributed by atoms with van der Waals surface area (Å²) in [5, 5.41) is 4.86. The van der Waals surface area contributed by atoms with Crippen molar-refractivity contribution in [3.63, 3.8) is 0 Å². The van der Waals surface area contributed by atoms with Crippen LogP contribution < -0.4 is 0 Å². The third kappa shape index (κ3) is 5.77. The molecule has 1 amide bonds. The van der Waals surface area contributed by atoms with E-state index < -0.39 is 5.60 Å². The van der Waals surface area contributed by atoms with Crippen molar-refractivity contribution >= 4 is 11.7 Å². The average Bonchev–Trinajstić information content (AvgIpc) is 3.54. The van der Waals surface area contributed by atoms with E-state index in [9.17, 15) is 9.18 Å². The van der Waals surface area contributed by atoms with E-state index in [2.05, 4.69) is 17.1 Å². The Balaban J connectivity index is 1.48. The predicted octanol–water partition coefficient (Wildman–Crippen LogP) is 6.43. The zero-order valence-corrected chi connectivity index (χ0v) is 21.2. The number of carbonyl (C=O) groups is 1. The molecule has 37 heavy (non-hydrogen) atoms. The fraction of sp³-hybridized carbons (Fsp3) is 0.233. The molecule has 0 radical (unpaired) electrons. The van der Waals surface area contributed by atoms with E-state index in [0.717, 1.165) is 39.2 Å². The van der Waals surface area contributed by atoms with Crippen LogP contribution in [-0.4, -0.2) is 44.4 Å². The van der Waals surface area contributed by atoms with Crippen molar-refractivity contribution in [1.82, 2.24) is 19.7 Å². The molecule has 0 unspecified atom stereocenters. The molecule has 0 fully saturated rings. The molecule has 0 bridgehead atoms. The van der Waals surface area contributed by atoms with E-state index in [-0.39, 0.29) is 11.9 Å². The summed E-state index contributed by atoms with van der Waals surface area (Å²) in [7, 11) is 0. The van der Waals surface area contributed by atoms with Gasteiger partial charge in [0.1, 0.15) is 11.4 Å². The number of amides is 1. The van der Waals surface area contributed by atoms with Gasteiger partial charge in [-0.3, -0.25) is 9.67 Å². The Morgan fingerprint density at radius 3 is 2.49 bits per heavy atom. The van der Waals surface area contributed by atoms with Crippen LogP contribution in [0, 0.1) is 5.82 Å². The number of carbonyl (C=O) groups excluding carboxylic acids is 1. The van der Waals surface area contributed by atoms with Gasteiger partial charge in [-0.15, -0.1) is 0 Å². The Kier molecular flexibility index (Phi) is 6.61. The number of pyridine rings is 1. The predicted molar refractivity (Wildman–Crippen MR) is 142 cm³/mol. The van der Waals surface area contributed by atoms with E-state index in [0.29, 0.717) is 19.6 Å². The number of rotatable bonds is 5. The van der Waals surface area contributed by atoms with Gasteiger partial charge in [0.05, 0.1) is 17.9 Å². The number of hydrogen-bond acceptors (Lipinski definition) is 4. The van der Waals surface area contributed by atoms with Crippen LogP contribution >= 0.6 is 0 Å². The molecule has 4 aromatic rings. The van der Waals surface area contributed by atoms with Gasteiger partial charge in [0.15, 0.2) is 0 Å². The van der Waals surface area contributed by atoms with Gasteiger partial charge in [-0.25, -0.2) is 9.18 Å². The summed E-state index contributed by atoms with van der Waals surface area (Å²) in [6.45, 7) is 7.11. The molecule has 0 atom stereocenters. The van der Waals surface area contributed by atoms with Crippen molar-refractivity contribution in [2.24, 2.45) is 0 Å². The Morgan fingerprint density at radius 1 is 1.00 bits per heavy atom. The van der Waals surface area contributed by atoms with Crippen LogP contribution in [0.4, 0.5) is 9.18 Å². The van der Waals surface area contributed by atoms with Crippen LogP contribution in [0.5, 0.6) is 0 Å². The first kappa shape index (κ1) is 24.4. The lowest BCUT2D eigenvalue weighted by molar-refractivity contribution is 0.0306. The van der Waals surface area contributed by atoms with E-state index in [1.54, 1.807) is 17.0 Å². The number of ether oxygens (including phenoxy) is 1. The summed E-state index contributed by atoms with van der Waals surface area (Å²) in [5.74, 6) is -0.293. The van der Waals surface area contributed by atoms with Gasteiger partial charge in [-0.1, -0.05) is 36.4 Å². The van der Waals surface area contributed by atoms with Gasteiger partial charge >= 0.3 is 6.09 Å². The molecule has 6 nitrogen and oxygen atoms in total. The summed E-state index contributed by atoms with van der Waals surface area (Å²) in [6.07, 6.45) is 5.46. The molecule has 0 spiro atoms. The first-order chi connectivity index (χ1) is 17.7. The fourth-order valence-corrected chi connectivity index (χ4v) is 4.28. The van der Waals surface area contributed by atoms with E-state index in [1.165, 1.54) is 12.1 Å². The maximum Gasteiger partial charge on any atom is 0.410 e. The van der Waals surface area contributed by atoms with Crippen molar-refractivity contribution in [3.8, 4) is 22.5 Å². The molecule has 5 rings (SSSR count). The molecule has 2 aromatic carbocycles. The number of hydrogen-bond donors (Lipinski definition) is 0. The minimum atomic E-state index is -0.561. The number of benzene rings is 2. The van der Waals surface area contributed by atoms with Crippen LogP contribution in [0.1, 0.15) is 31.9 Å². The fourth-order valence-electron chi connectivity index (χ4n) is 4.28. The number of halogens is 1. The smallest absolute Gasteiger partial charge is 0.410 e. The second-order valence-electron chi connectivity index (χ2n) is 10.1. The van der Waals surface area contributed by atoms with Crippen molar-refractivity contribution in [3.05, 3.63) is 102 Å². The third-order valence-electron chi connectivity index (χ3n) is 6.06. The Morgan fingerprint density at radius 2 is 1.76 bits per heavy atom. The maximum atomic E-state index is 13.5. The van der Waals surface area contributed by atoms with E-state index in [1.807, 2.05) is 74.3 Å². The van der Waals surface area contributed by atoms with Crippen LogP contribution in [0.15, 0.2) is 85.2 Å². The highest BCUT2D eigenvalue weighted by atomic mass is 19.1. The normalized spacial score (nSPS) is 13.5. The molecule has 1 aliphatic heterocycles. The topological polar surface area (TPSA) is 60.2 Å². The first-order valence-electron chi connectivity index (χ1n) is 12.3. The van der Waals surface area contributed by atoms with E-state index in [4.69, 9.17) is 9.84 Å². The minimum absolute atomic E-state index is 0.293. The van der Waals surface area contributed by atoms with Crippen molar-refractivity contribution in [2.45, 2.75) is 32.9 Å². The van der Waals surface area contributed by atoms with Crippen molar-refractivity contribution in [1.29, 1.82) is 0 Å². The highest BCUT2D eigenvalue weighted by molar-refractivity contribution is 5.85. The van der Waals surface area contributed by atoms with Gasteiger partial charge in [0.2, 0.25) is 0 Å². The molecular formula is C30H29FN4O2. The molecule has 2 aromatic heterocycles. The largest absolute Gasteiger partial charge is 0.444 e. The maximum absolute atomic E-state index is 13.5. The average molecular weight is 497 g/mol. The van der Waals surface area contributed by atoms with Gasteiger partial charge in [0, 0.05) is 42.2 Å². The molecular weight excluding hydrogens is 467 g/mol.